The lowest BCUT2D eigenvalue weighted by Gasteiger charge is -2.17. The third kappa shape index (κ3) is 3.27. The van der Waals surface area contributed by atoms with E-state index in [0.29, 0.717) is 11.3 Å². The zero-order valence-corrected chi connectivity index (χ0v) is 16.0. The van der Waals surface area contributed by atoms with Gasteiger partial charge in [-0.2, -0.15) is 0 Å². The monoisotopic (exact) mass is 373 g/mol. The number of fused-ring (bicyclic) bond motifs is 3. The third-order valence-electron chi connectivity index (χ3n) is 5.33. The van der Waals surface area contributed by atoms with Crippen molar-refractivity contribution < 1.29 is 14.6 Å². The van der Waals surface area contributed by atoms with E-state index in [1.165, 1.54) is 22.3 Å². The number of aliphatic hydroxyl groups excluding tert-OH is 1. The molecule has 0 fully saturated rings. The maximum atomic E-state index is 12.5. The SMILES string of the molecule is Cc1cccc(C(C)O)c1NC(=O)OCC1c2ccccc2-c2ccccc21. The van der Waals surface area contributed by atoms with Gasteiger partial charge >= 0.3 is 6.09 Å². The van der Waals surface area contributed by atoms with Gasteiger partial charge in [-0.05, 0) is 41.7 Å². The van der Waals surface area contributed by atoms with E-state index in [1.807, 2.05) is 43.3 Å². The molecule has 0 radical (unpaired) electrons. The summed E-state index contributed by atoms with van der Waals surface area (Å²) in [7, 11) is 0. The van der Waals surface area contributed by atoms with Gasteiger partial charge in [0, 0.05) is 11.5 Å². The van der Waals surface area contributed by atoms with E-state index in [9.17, 15) is 9.90 Å². The number of benzene rings is 3. The van der Waals surface area contributed by atoms with Crippen molar-refractivity contribution in [2.24, 2.45) is 0 Å². The van der Waals surface area contributed by atoms with E-state index < -0.39 is 12.2 Å². The molecule has 1 aliphatic carbocycles. The van der Waals surface area contributed by atoms with Crippen molar-refractivity contribution in [2.45, 2.75) is 25.9 Å². The molecule has 0 bridgehead atoms. The summed E-state index contributed by atoms with van der Waals surface area (Å²) >= 11 is 0. The Morgan fingerprint density at radius 1 is 1.00 bits per heavy atom. The first-order valence-corrected chi connectivity index (χ1v) is 9.46. The zero-order chi connectivity index (χ0) is 19.7. The van der Waals surface area contributed by atoms with Gasteiger partial charge in [0.15, 0.2) is 0 Å². The molecular formula is C24H23NO3. The number of hydrogen-bond donors (Lipinski definition) is 2. The van der Waals surface area contributed by atoms with Crippen molar-refractivity contribution in [1.29, 1.82) is 0 Å². The Morgan fingerprint density at radius 2 is 1.61 bits per heavy atom. The number of nitrogens with one attached hydrogen (secondary N) is 1. The second-order valence-electron chi connectivity index (χ2n) is 7.17. The minimum Gasteiger partial charge on any atom is -0.448 e. The summed E-state index contributed by atoms with van der Waals surface area (Å²) in [5.41, 5.74) is 6.91. The van der Waals surface area contributed by atoms with Gasteiger partial charge in [0.25, 0.3) is 0 Å². The summed E-state index contributed by atoms with van der Waals surface area (Å²) in [5.74, 6) is 0.0197. The van der Waals surface area contributed by atoms with Crippen LogP contribution in [0.5, 0.6) is 0 Å². The maximum absolute atomic E-state index is 12.5. The van der Waals surface area contributed by atoms with Crippen LogP contribution < -0.4 is 5.32 Å². The molecule has 0 spiro atoms. The predicted molar refractivity (Wildman–Crippen MR) is 111 cm³/mol. The van der Waals surface area contributed by atoms with Crippen molar-refractivity contribution in [3.05, 3.63) is 89.0 Å². The molecule has 0 heterocycles. The molecule has 2 N–H and O–H groups in total. The van der Waals surface area contributed by atoms with Crippen LogP contribution in [-0.2, 0) is 4.74 Å². The Bertz CT molecular complexity index is 980. The number of anilines is 1. The largest absolute Gasteiger partial charge is 0.448 e. The second kappa shape index (κ2) is 7.49. The summed E-state index contributed by atoms with van der Waals surface area (Å²) in [6.45, 7) is 3.83. The molecule has 3 aromatic rings. The molecule has 3 aromatic carbocycles. The highest BCUT2D eigenvalue weighted by atomic mass is 16.5. The van der Waals surface area contributed by atoms with E-state index >= 15 is 0 Å². The van der Waals surface area contributed by atoms with Crippen molar-refractivity contribution in [3.63, 3.8) is 0 Å². The van der Waals surface area contributed by atoms with Crippen LogP contribution in [0.25, 0.3) is 11.1 Å². The molecule has 1 unspecified atom stereocenters. The standard InChI is InChI=1S/C24H23NO3/c1-15-8-7-13-17(16(2)26)23(15)25-24(27)28-14-22-20-11-5-3-9-18(20)19-10-4-6-12-21(19)22/h3-13,16,22,26H,14H2,1-2H3,(H,25,27). The first kappa shape index (κ1) is 18.3. The Hall–Kier alpha value is -3.11. The van der Waals surface area contributed by atoms with E-state index in [4.69, 9.17) is 4.74 Å². The molecule has 1 aliphatic rings. The molecule has 0 saturated carbocycles. The van der Waals surface area contributed by atoms with Gasteiger partial charge in [-0.15, -0.1) is 0 Å². The van der Waals surface area contributed by atoms with E-state index in [-0.39, 0.29) is 12.5 Å². The van der Waals surface area contributed by atoms with Crippen LogP contribution in [0.2, 0.25) is 0 Å². The van der Waals surface area contributed by atoms with Crippen LogP contribution in [0.4, 0.5) is 10.5 Å². The fraction of sp³-hybridized carbons (Fsp3) is 0.208. The van der Waals surface area contributed by atoms with Gasteiger partial charge in [0.2, 0.25) is 0 Å². The Kier molecular flexibility index (Phi) is 4.88. The lowest BCUT2D eigenvalue weighted by Crippen LogP contribution is -2.19. The van der Waals surface area contributed by atoms with Crippen molar-refractivity contribution >= 4 is 11.8 Å². The first-order valence-electron chi connectivity index (χ1n) is 9.46. The summed E-state index contributed by atoms with van der Waals surface area (Å²) in [4.78, 5) is 12.5. The summed E-state index contributed by atoms with van der Waals surface area (Å²) < 4.78 is 5.60. The summed E-state index contributed by atoms with van der Waals surface area (Å²) in [5, 5.41) is 12.8. The predicted octanol–water partition coefficient (Wildman–Crippen LogP) is 5.41. The van der Waals surface area contributed by atoms with Crippen LogP contribution in [0.1, 0.15) is 41.2 Å². The lowest BCUT2D eigenvalue weighted by molar-refractivity contribution is 0.158. The fourth-order valence-electron chi connectivity index (χ4n) is 3.95. The zero-order valence-electron chi connectivity index (χ0n) is 16.0. The Morgan fingerprint density at radius 3 is 2.21 bits per heavy atom. The highest BCUT2D eigenvalue weighted by molar-refractivity contribution is 5.87. The number of aryl methyl sites for hydroxylation is 1. The van der Waals surface area contributed by atoms with Crippen molar-refractivity contribution in [2.75, 3.05) is 11.9 Å². The maximum Gasteiger partial charge on any atom is 0.411 e. The molecule has 28 heavy (non-hydrogen) atoms. The normalized spacial score (nSPS) is 13.5. The van der Waals surface area contributed by atoms with Crippen molar-refractivity contribution in [1.82, 2.24) is 0 Å². The number of aliphatic hydroxyl groups is 1. The molecule has 4 rings (SSSR count). The van der Waals surface area contributed by atoms with Gasteiger partial charge in [0.1, 0.15) is 6.61 Å². The average molecular weight is 373 g/mol. The van der Waals surface area contributed by atoms with Crippen LogP contribution >= 0.6 is 0 Å². The molecule has 142 valence electrons. The third-order valence-corrected chi connectivity index (χ3v) is 5.33. The van der Waals surface area contributed by atoms with E-state index in [2.05, 4.69) is 29.6 Å². The van der Waals surface area contributed by atoms with Crippen LogP contribution in [0.3, 0.4) is 0 Å². The number of hydrogen-bond acceptors (Lipinski definition) is 3. The smallest absolute Gasteiger partial charge is 0.411 e. The molecule has 4 heteroatoms. The van der Waals surface area contributed by atoms with E-state index in [1.54, 1.807) is 13.0 Å². The van der Waals surface area contributed by atoms with Gasteiger partial charge < -0.3 is 9.84 Å². The minimum absolute atomic E-state index is 0.0197. The minimum atomic E-state index is -0.677. The average Bonchev–Trinajstić information content (AvgIpc) is 3.02. The number of rotatable bonds is 4. The second-order valence-corrected chi connectivity index (χ2v) is 7.17. The number of ether oxygens (including phenoxy) is 1. The van der Waals surface area contributed by atoms with Crippen LogP contribution in [-0.4, -0.2) is 17.8 Å². The number of amides is 1. The molecule has 0 saturated heterocycles. The summed E-state index contributed by atoms with van der Waals surface area (Å²) in [6.07, 6.45) is -1.19. The Balaban J connectivity index is 1.52. The number of para-hydroxylation sites is 1. The van der Waals surface area contributed by atoms with Gasteiger partial charge in [-0.25, -0.2) is 4.79 Å². The molecule has 0 aromatic heterocycles. The fourth-order valence-corrected chi connectivity index (χ4v) is 3.95. The Labute approximate surface area is 164 Å². The molecule has 0 aliphatic heterocycles. The van der Waals surface area contributed by atoms with Crippen molar-refractivity contribution in [3.8, 4) is 11.1 Å². The quantitative estimate of drug-likeness (QED) is 0.643. The topological polar surface area (TPSA) is 58.6 Å². The van der Waals surface area contributed by atoms with Crippen LogP contribution in [0, 0.1) is 6.92 Å². The van der Waals surface area contributed by atoms with E-state index in [0.717, 1.165) is 5.56 Å². The summed E-state index contributed by atoms with van der Waals surface area (Å²) in [6, 6.07) is 22.0. The molecule has 4 nitrogen and oxygen atoms in total. The van der Waals surface area contributed by atoms with Gasteiger partial charge in [-0.3, -0.25) is 5.32 Å². The van der Waals surface area contributed by atoms with Gasteiger partial charge in [-0.1, -0.05) is 66.7 Å². The number of carbonyl (C=O) groups excluding carboxylic acids is 1. The highest BCUT2D eigenvalue weighted by Crippen LogP contribution is 2.44. The van der Waals surface area contributed by atoms with Gasteiger partial charge in [0.05, 0.1) is 11.8 Å². The highest BCUT2D eigenvalue weighted by Gasteiger charge is 2.29. The number of carbonyl (C=O) groups is 1. The molecule has 1 amide bonds. The first-order chi connectivity index (χ1) is 13.6. The van der Waals surface area contributed by atoms with Crippen LogP contribution in [0.15, 0.2) is 66.7 Å². The molecular weight excluding hydrogens is 350 g/mol. The molecule has 1 atom stereocenters. The lowest BCUT2D eigenvalue weighted by atomic mass is 9.98.